The molecule has 0 saturated carbocycles. The van der Waals surface area contributed by atoms with Crippen molar-refractivity contribution in [1.29, 1.82) is 0 Å². The van der Waals surface area contributed by atoms with Crippen LogP contribution in [-0.4, -0.2) is 36.0 Å². The molecule has 5 rings (SSSR count). The van der Waals surface area contributed by atoms with Crippen LogP contribution in [-0.2, 0) is 17.5 Å². The molecule has 0 bridgehead atoms. The molecule has 2 aromatic carbocycles. The number of hydrogen-bond donors (Lipinski definition) is 0. The number of benzene rings is 2. The van der Waals surface area contributed by atoms with Crippen LogP contribution in [0, 0.1) is 0 Å². The van der Waals surface area contributed by atoms with Gasteiger partial charge in [-0.05, 0) is 47.5 Å². The molecule has 0 aliphatic rings. The molecule has 13 heteroatoms. The number of nitrogens with zero attached hydrogens (tertiary/aromatic N) is 6. The van der Waals surface area contributed by atoms with Crippen molar-refractivity contribution in [2.75, 3.05) is 0 Å². The molecule has 0 aliphatic carbocycles. The minimum Gasteiger partial charge on any atom is -0.406 e. The largest absolute Gasteiger partial charge is 0.573 e. The number of aromatic nitrogens is 6. The minimum absolute atomic E-state index is 0.0824. The summed E-state index contributed by atoms with van der Waals surface area (Å²) in [4.78, 5) is 0. The Morgan fingerprint density at radius 3 is 2.19 bits per heavy atom. The Morgan fingerprint density at radius 2 is 1.47 bits per heavy atom. The number of alkyl halides is 5. The lowest BCUT2D eigenvalue weighted by molar-refractivity contribution is -0.274. The van der Waals surface area contributed by atoms with Crippen LogP contribution in [0.2, 0.25) is 0 Å². The maximum absolute atomic E-state index is 14.7. The number of rotatable bonds is 7. The van der Waals surface area contributed by atoms with Crippen molar-refractivity contribution in [2.45, 2.75) is 19.1 Å². The van der Waals surface area contributed by atoms with Crippen molar-refractivity contribution in [3.8, 4) is 22.6 Å². The van der Waals surface area contributed by atoms with Crippen LogP contribution in [0.15, 0.2) is 79.1 Å². The van der Waals surface area contributed by atoms with E-state index < -0.39 is 24.8 Å². The normalized spacial score (nSPS) is 12.2. The average Bonchev–Trinajstić information content (AvgIpc) is 3.51. The molecule has 8 nitrogen and oxygen atoms in total. The van der Waals surface area contributed by atoms with Gasteiger partial charge in [0.15, 0.2) is 17.2 Å². The van der Waals surface area contributed by atoms with Gasteiger partial charge in [-0.1, -0.05) is 35.5 Å². The molecule has 0 amide bonds. The highest BCUT2D eigenvalue weighted by molar-refractivity contribution is 5.65. The van der Waals surface area contributed by atoms with E-state index in [2.05, 4.69) is 25.2 Å². The third-order valence-electron chi connectivity index (χ3n) is 5.09. The maximum Gasteiger partial charge on any atom is 0.573 e. The van der Waals surface area contributed by atoms with Gasteiger partial charge in [0.1, 0.15) is 12.4 Å². The summed E-state index contributed by atoms with van der Waals surface area (Å²) in [7, 11) is 0. The van der Waals surface area contributed by atoms with Crippen LogP contribution >= 0.6 is 0 Å². The van der Waals surface area contributed by atoms with Crippen LogP contribution in [0.4, 0.5) is 22.0 Å². The Labute approximate surface area is 199 Å². The predicted octanol–water partition coefficient (Wildman–Crippen LogP) is 5.14. The molecule has 0 aliphatic heterocycles. The fourth-order valence-electron chi connectivity index (χ4n) is 3.39. The number of halogens is 5. The standard InChI is InChI=1S/C23H15F5N6O2/c24-22(25,19-13-34(32-29-19)17-4-2-1-3-5-17)35-14-21-31-30-20-11-8-16(12-33(20)21)15-6-9-18(10-7-15)36-23(26,27)28/h1-13H,14H2. The highest BCUT2D eigenvalue weighted by Gasteiger charge is 2.37. The second-order valence-electron chi connectivity index (χ2n) is 7.52. The van der Waals surface area contributed by atoms with Crippen molar-refractivity contribution in [2.24, 2.45) is 0 Å². The first-order valence-corrected chi connectivity index (χ1v) is 10.4. The first-order chi connectivity index (χ1) is 17.2. The summed E-state index contributed by atoms with van der Waals surface area (Å²) in [6.45, 7) is -0.603. The van der Waals surface area contributed by atoms with Gasteiger partial charge in [0.25, 0.3) is 0 Å². The second-order valence-corrected chi connectivity index (χ2v) is 7.52. The predicted molar refractivity (Wildman–Crippen MR) is 115 cm³/mol. The van der Waals surface area contributed by atoms with Gasteiger partial charge in [-0.2, -0.15) is 8.78 Å². The van der Waals surface area contributed by atoms with E-state index >= 15 is 0 Å². The summed E-state index contributed by atoms with van der Waals surface area (Å²) in [5, 5.41) is 15.1. The lowest BCUT2D eigenvalue weighted by Crippen LogP contribution is -2.19. The Hall–Kier alpha value is -4.39. The summed E-state index contributed by atoms with van der Waals surface area (Å²) in [6.07, 6.45) is -5.92. The zero-order valence-corrected chi connectivity index (χ0v) is 18.1. The molecule has 0 N–H and O–H groups in total. The fraction of sp³-hybridized carbons (Fsp3) is 0.130. The Morgan fingerprint density at radius 1 is 0.750 bits per heavy atom. The van der Waals surface area contributed by atoms with Gasteiger partial charge in [-0.3, -0.25) is 4.40 Å². The van der Waals surface area contributed by atoms with E-state index in [0.717, 1.165) is 6.20 Å². The lowest BCUT2D eigenvalue weighted by atomic mass is 10.1. The van der Waals surface area contributed by atoms with Gasteiger partial charge in [0.05, 0.1) is 11.9 Å². The third-order valence-corrected chi connectivity index (χ3v) is 5.09. The molecule has 3 aromatic heterocycles. The minimum atomic E-state index is -4.80. The molecule has 36 heavy (non-hydrogen) atoms. The summed E-state index contributed by atoms with van der Waals surface area (Å²) >= 11 is 0. The second kappa shape index (κ2) is 9.00. The van der Waals surface area contributed by atoms with Gasteiger partial charge in [0, 0.05) is 6.20 Å². The van der Waals surface area contributed by atoms with Crippen molar-refractivity contribution in [3.05, 3.63) is 90.6 Å². The van der Waals surface area contributed by atoms with Crippen LogP contribution < -0.4 is 4.74 Å². The zero-order valence-electron chi connectivity index (χ0n) is 18.1. The van der Waals surface area contributed by atoms with Gasteiger partial charge >= 0.3 is 12.5 Å². The summed E-state index contributed by atoms with van der Waals surface area (Å²) in [5.74, 6) is -0.281. The van der Waals surface area contributed by atoms with Crippen LogP contribution in [0.5, 0.6) is 5.75 Å². The monoisotopic (exact) mass is 502 g/mol. The number of para-hydroxylation sites is 1. The molecule has 3 heterocycles. The molecule has 0 fully saturated rings. The van der Waals surface area contributed by atoms with E-state index in [0.29, 0.717) is 22.5 Å². The summed E-state index contributed by atoms with van der Waals surface area (Å²) in [5.41, 5.74) is 1.39. The molecule has 0 saturated heterocycles. The van der Waals surface area contributed by atoms with E-state index in [4.69, 9.17) is 4.74 Å². The Balaban J connectivity index is 1.33. The van der Waals surface area contributed by atoms with Crippen LogP contribution in [0.1, 0.15) is 11.5 Å². The highest BCUT2D eigenvalue weighted by atomic mass is 19.4. The molecule has 5 aromatic rings. The summed E-state index contributed by atoms with van der Waals surface area (Å²) < 4.78 is 77.9. The van der Waals surface area contributed by atoms with Gasteiger partial charge < -0.3 is 9.47 Å². The topological polar surface area (TPSA) is 79.4 Å². The van der Waals surface area contributed by atoms with Crippen molar-refractivity contribution in [1.82, 2.24) is 29.6 Å². The number of hydrogen-bond acceptors (Lipinski definition) is 6. The highest BCUT2D eigenvalue weighted by Crippen LogP contribution is 2.30. The molecular weight excluding hydrogens is 487 g/mol. The van der Waals surface area contributed by atoms with Crippen molar-refractivity contribution >= 4 is 5.65 Å². The maximum atomic E-state index is 14.7. The molecular formula is C23H15F5N6O2. The van der Waals surface area contributed by atoms with Crippen LogP contribution in [0.3, 0.4) is 0 Å². The number of ether oxygens (including phenoxy) is 2. The lowest BCUT2D eigenvalue weighted by Gasteiger charge is -2.13. The number of pyridine rings is 1. The summed E-state index contributed by atoms with van der Waals surface area (Å²) in [6, 6.07) is 17.1. The van der Waals surface area contributed by atoms with E-state index in [1.165, 1.54) is 33.3 Å². The fourth-order valence-corrected chi connectivity index (χ4v) is 3.39. The molecule has 0 unspecified atom stereocenters. The van der Waals surface area contributed by atoms with Crippen molar-refractivity contribution < 1.29 is 31.4 Å². The van der Waals surface area contributed by atoms with E-state index in [-0.39, 0.29) is 11.6 Å². The molecule has 0 spiro atoms. The molecule has 0 radical (unpaired) electrons. The number of fused-ring (bicyclic) bond motifs is 1. The SMILES string of the molecule is FC(F)(F)Oc1ccc(-c2ccc3nnc(COC(F)(F)c4cn(-c5ccccc5)nn4)n3c2)cc1. The van der Waals surface area contributed by atoms with E-state index in [9.17, 15) is 22.0 Å². The Bertz CT molecular complexity index is 1480. The van der Waals surface area contributed by atoms with E-state index in [1.807, 2.05) is 0 Å². The molecule has 0 atom stereocenters. The molecule has 184 valence electrons. The first kappa shape index (κ1) is 23.4. The van der Waals surface area contributed by atoms with Gasteiger partial charge in [0.2, 0.25) is 0 Å². The quantitative estimate of drug-likeness (QED) is 0.287. The smallest absolute Gasteiger partial charge is 0.406 e. The first-order valence-electron chi connectivity index (χ1n) is 10.4. The van der Waals surface area contributed by atoms with Gasteiger partial charge in [-0.25, -0.2) is 4.68 Å². The van der Waals surface area contributed by atoms with Gasteiger partial charge in [-0.15, -0.1) is 28.5 Å². The van der Waals surface area contributed by atoms with Crippen LogP contribution in [0.25, 0.3) is 22.5 Å². The van der Waals surface area contributed by atoms with E-state index in [1.54, 1.807) is 48.7 Å². The third kappa shape index (κ3) is 5.00. The average molecular weight is 502 g/mol. The Kier molecular flexibility index (Phi) is 5.84. The zero-order chi connectivity index (χ0) is 25.3. The van der Waals surface area contributed by atoms with Crippen molar-refractivity contribution in [3.63, 3.8) is 0 Å².